The minimum atomic E-state index is -1.11. The van der Waals surface area contributed by atoms with Crippen LogP contribution >= 0.6 is 0 Å². The van der Waals surface area contributed by atoms with Crippen LogP contribution < -0.4 is 14.8 Å². The monoisotopic (exact) mass is 263 g/mol. The lowest BCUT2D eigenvalue weighted by molar-refractivity contribution is 0.150. The Morgan fingerprint density at radius 3 is 2.84 bits per heavy atom. The fourth-order valence-corrected chi connectivity index (χ4v) is 1.90. The average molecular weight is 263 g/mol. The number of hydrogen-bond acceptors (Lipinski definition) is 3. The highest BCUT2D eigenvalue weighted by atomic mass is 16.5. The third-order valence-corrected chi connectivity index (χ3v) is 2.66. The standard InChI is InChI=1S/C14H17NO4/c1-4-18-11-8-10(15-13(16)17)7-9-5-6-14(2,3)19-12(9)11/h5-8,15H,4H2,1-3H3,(H,16,17). The van der Waals surface area contributed by atoms with E-state index in [0.717, 1.165) is 5.56 Å². The Morgan fingerprint density at radius 2 is 2.21 bits per heavy atom. The first-order valence-electron chi connectivity index (χ1n) is 6.10. The van der Waals surface area contributed by atoms with Gasteiger partial charge in [-0.2, -0.15) is 0 Å². The lowest BCUT2D eigenvalue weighted by Crippen LogP contribution is -2.28. The molecule has 0 bridgehead atoms. The van der Waals surface area contributed by atoms with Crippen LogP contribution in [-0.4, -0.2) is 23.4 Å². The van der Waals surface area contributed by atoms with Gasteiger partial charge in [0.05, 0.1) is 6.61 Å². The van der Waals surface area contributed by atoms with Crippen molar-refractivity contribution in [1.29, 1.82) is 0 Å². The highest BCUT2D eigenvalue weighted by Crippen LogP contribution is 2.41. The van der Waals surface area contributed by atoms with Crippen molar-refractivity contribution in [3.8, 4) is 11.5 Å². The molecule has 5 heteroatoms. The number of amides is 1. The fraction of sp³-hybridized carbons (Fsp3) is 0.357. The molecule has 0 fully saturated rings. The SMILES string of the molecule is CCOc1cc(NC(=O)O)cc2c1OC(C)(C)C=C2. The highest BCUT2D eigenvalue weighted by molar-refractivity contribution is 5.85. The van der Waals surface area contributed by atoms with Gasteiger partial charge in [0.2, 0.25) is 0 Å². The second-order valence-electron chi connectivity index (χ2n) is 4.79. The Morgan fingerprint density at radius 1 is 1.47 bits per heavy atom. The van der Waals surface area contributed by atoms with Crippen molar-refractivity contribution < 1.29 is 19.4 Å². The minimum Gasteiger partial charge on any atom is -0.490 e. The lowest BCUT2D eigenvalue weighted by Gasteiger charge is -2.29. The van der Waals surface area contributed by atoms with E-state index in [1.54, 1.807) is 12.1 Å². The van der Waals surface area contributed by atoms with Crippen LogP contribution in [0.15, 0.2) is 18.2 Å². The molecule has 1 aromatic rings. The summed E-state index contributed by atoms with van der Waals surface area (Å²) < 4.78 is 11.4. The molecule has 1 aliphatic heterocycles. The summed E-state index contributed by atoms with van der Waals surface area (Å²) in [6, 6.07) is 3.35. The van der Waals surface area contributed by atoms with Crippen LogP contribution in [0.25, 0.3) is 6.08 Å². The summed E-state index contributed by atoms with van der Waals surface area (Å²) in [5.41, 5.74) is 0.859. The normalized spacial score (nSPS) is 15.3. The summed E-state index contributed by atoms with van der Waals surface area (Å²) in [7, 11) is 0. The molecule has 5 nitrogen and oxygen atoms in total. The van der Waals surface area contributed by atoms with Gasteiger partial charge in [0, 0.05) is 17.3 Å². The number of hydrogen-bond donors (Lipinski definition) is 2. The number of benzene rings is 1. The molecule has 0 saturated carbocycles. The van der Waals surface area contributed by atoms with Crippen LogP contribution in [0.1, 0.15) is 26.3 Å². The van der Waals surface area contributed by atoms with Crippen molar-refractivity contribution in [2.45, 2.75) is 26.4 Å². The van der Waals surface area contributed by atoms with E-state index in [9.17, 15) is 4.79 Å². The minimum absolute atomic E-state index is 0.402. The molecule has 0 spiro atoms. The maximum Gasteiger partial charge on any atom is 0.409 e. The van der Waals surface area contributed by atoms with E-state index in [2.05, 4.69) is 5.32 Å². The Labute approximate surface area is 111 Å². The van der Waals surface area contributed by atoms with Gasteiger partial charge >= 0.3 is 6.09 Å². The van der Waals surface area contributed by atoms with Gasteiger partial charge in [0.1, 0.15) is 5.60 Å². The second kappa shape index (κ2) is 4.84. The van der Waals surface area contributed by atoms with Crippen molar-refractivity contribution in [2.75, 3.05) is 11.9 Å². The summed E-state index contributed by atoms with van der Waals surface area (Å²) in [4.78, 5) is 10.7. The van der Waals surface area contributed by atoms with Gasteiger partial charge in [0.25, 0.3) is 0 Å². The number of nitrogens with one attached hydrogen (secondary N) is 1. The Kier molecular flexibility index (Phi) is 3.38. The molecule has 0 aromatic heterocycles. The van der Waals surface area contributed by atoms with Gasteiger partial charge < -0.3 is 14.6 Å². The zero-order chi connectivity index (χ0) is 14.0. The van der Waals surface area contributed by atoms with Crippen molar-refractivity contribution in [3.63, 3.8) is 0 Å². The van der Waals surface area contributed by atoms with E-state index in [1.807, 2.05) is 32.9 Å². The van der Waals surface area contributed by atoms with Crippen LogP contribution in [0.2, 0.25) is 0 Å². The van der Waals surface area contributed by atoms with Crippen LogP contribution in [0.4, 0.5) is 10.5 Å². The third-order valence-electron chi connectivity index (χ3n) is 2.66. The van der Waals surface area contributed by atoms with Crippen molar-refractivity contribution in [1.82, 2.24) is 0 Å². The molecule has 2 rings (SSSR count). The molecular weight excluding hydrogens is 246 g/mol. The third kappa shape index (κ3) is 2.99. The number of carboxylic acid groups (broad SMARTS) is 1. The summed E-state index contributed by atoms with van der Waals surface area (Å²) in [5, 5.41) is 11.1. The fourth-order valence-electron chi connectivity index (χ4n) is 1.90. The molecule has 0 radical (unpaired) electrons. The van der Waals surface area contributed by atoms with E-state index in [-0.39, 0.29) is 0 Å². The van der Waals surface area contributed by atoms with Crippen molar-refractivity contribution in [2.24, 2.45) is 0 Å². The highest BCUT2D eigenvalue weighted by Gasteiger charge is 2.25. The molecule has 1 heterocycles. The van der Waals surface area contributed by atoms with E-state index < -0.39 is 11.7 Å². The molecule has 2 N–H and O–H groups in total. The smallest absolute Gasteiger partial charge is 0.409 e. The largest absolute Gasteiger partial charge is 0.490 e. The van der Waals surface area contributed by atoms with E-state index in [4.69, 9.17) is 14.6 Å². The molecule has 0 atom stereocenters. The molecule has 0 aliphatic carbocycles. The molecule has 1 aliphatic rings. The number of fused-ring (bicyclic) bond motifs is 1. The summed E-state index contributed by atoms with van der Waals surface area (Å²) in [5.74, 6) is 1.19. The van der Waals surface area contributed by atoms with E-state index in [0.29, 0.717) is 23.8 Å². The van der Waals surface area contributed by atoms with Crippen LogP contribution in [0.5, 0.6) is 11.5 Å². The Bertz CT molecular complexity index is 534. The summed E-state index contributed by atoms with van der Waals surface area (Å²) in [6.07, 6.45) is 2.73. The second-order valence-corrected chi connectivity index (χ2v) is 4.79. The first kappa shape index (κ1) is 13.3. The average Bonchev–Trinajstić information content (AvgIpc) is 2.29. The van der Waals surface area contributed by atoms with Crippen LogP contribution in [0, 0.1) is 0 Å². The van der Waals surface area contributed by atoms with Gasteiger partial charge in [-0.3, -0.25) is 5.32 Å². The number of rotatable bonds is 3. The summed E-state index contributed by atoms with van der Waals surface area (Å²) >= 11 is 0. The first-order valence-corrected chi connectivity index (χ1v) is 6.10. The van der Waals surface area contributed by atoms with Gasteiger partial charge in [-0.1, -0.05) is 6.08 Å². The molecule has 0 saturated heterocycles. The molecule has 19 heavy (non-hydrogen) atoms. The van der Waals surface area contributed by atoms with Crippen molar-refractivity contribution >= 4 is 17.9 Å². The maximum atomic E-state index is 10.7. The molecule has 1 amide bonds. The lowest BCUT2D eigenvalue weighted by atomic mass is 10.0. The molecular formula is C14H17NO4. The predicted molar refractivity (Wildman–Crippen MR) is 73.0 cm³/mol. The zero-order valence-corrected chi connectivity index (χ0v) is 11.2. The molecule has 1 aromatic carbocycles. The van der Waals surface area contributed by atoms with Gasteiger partial charge in [0.15, 0.2) is 11.5 Å². The van der Waals surface area contributed by atoms with Crippen LogP contribution in [0.3, 0.4) is 0 Å². The Balaban J connectivity index is 2.46. The van der Waals surface area contributed by atoms with Crippen LogP contribution in [-0.2, 0) is 0 Å². The topological polar surface area (TPSA) is 67.8 Å². The first-order chi connectivity index (χ1) is 8.91. The van der Waals surface area contributed by atoms with Gasteiger partial charge in [-0.15, -0.1) is 0 Å². The van der Waals surface area contributed by atoms with Gasteiger partial charge in [-0.05, 0) is 32.9 Å². The Hall–Kier alpha value is -2.17. The predicted octanol–water partition coefficient (Wildman–Crippen LogP) is 3.36. The maximum absolute atomic E-state index is 10.7. The van der Waals surface area contributed by atoms with Gasteiger partial charge in [-0.25, -0.2) is 4.79 Å². The molecule has 0 unspecified atom stereocenters. The van der Waals surface area contributed by atoms with E-state index in [1.165, 1.54) is 0 Å². The summed E-state index contributed by atoms with van der Waals surface area (Å²) in [6.45, 7) is 6.25. The zero-order valence-electron chi connectivity index (χ0n) is 11.2. The number of anilines is 1. The quantitative estimate of drug-likeness (QED) is 0.877. The van der Waals surface area contributed by atoms with E-state index >= 15 is 0 Å². The molecule has 102 valence electrons. The van der Waals surface area contributed by atoms with Crippen molar-refractivity contribution in [3.05, 3.63) is 23.8 Å². The number of carbonyl (C=O) groups is 1. The number of ether oxygens (including phenoxy) is 2.